The first-order chi connectivity index (χ1) is 19.8. The molecule has 0 atom stereocenters. The second-order valence-electron chi connectivity index (χ2n) is 10.7. The zero-order chi connectivity index (χ0) is 25.9. The van der Waals surface area contributed by atoms with Gasteiger partial charge in [-0.05, 0) is 59.3 Å². The van der Waals surface area contributed by atoms with Crippen LogP contribution < -0.4 is 0 Å². The van der Waals surface area contributed by atoms with Crippen molar-refractivity contribution in [3.8, 4) is 5.69 Å². The second-order valence-corrected chi connectivity index (χ2v) is 10.7. The zero-order valence-corrected chi connectivity index (χ0v) is 21.3. The van der Waals surface area contributed by atoms with Crippen LogP contribution in [0.15, 0.2) is 121 Å². The molecule has 4 heterocycles. The molecule has 0 fully saturated rings. The topological polar surface area (TPSA) is 35.1 Å². The molecule has 0 aliphatic rings. The van der Waals surface area contributed by atoms with Crippen LogP contribution in [0.1, 0.15) is 0 Å². The van der Waals surface area contributed by atoms with Crippen molar-refractivity contribution >= 4 is 82.0 Å². The van der Waals surface area contributed by atoms with Gasteiger partial charge in [-0.25, -0.2) is 9.97 Å². The van der Waals surface area contributed by atoms with E-state index >= 15 is 0 Å². The Hall–Kier alpha value is -5.48. The van der Waals surface area contributed by atoms with Crippen LogP contribution in [0.2, 0.25) is 0 Å². The molecular formula is C36H20N4. The predicted molar refractivity (Wildman–Crippen MR) is 166 cm³/mol. The minimum Gasteiger partial charge on any atom is -0.309 e. The third-order valence-corrected chi connectivity index (χ3v) is 8.57. The average molecular weight is 509 g/mol. The Labute approximate surface area is 227 Å². The highest BCUT2D eigenvalue weighted by atomic mass is 15.0. The maximum absolute atomic E-state index is 5.19. The minimum atomic E-state index is 0.906. The van der Waals surface area contributed by atoms with Crippen molar-refractivity contribution in [2.45, 2.75) is 0 Å². The van der Waals surface area contributed by atoms with Gasteiger partial charge >= 0.3 is 0 Å². The lowest BCUT2D eigenvalue weighted by Gasteiger charge is -2.09. The Balaban J connectivity index is 1.46. The van der Waals surface area contributed by atoms with Crippen LogP contribution >= 0.6 is 0 Å². The van der Waals surface area contributed by atoms with Crippen molar-refractivity contribution in [1.82, 2.24) is 18.9 Å². The molecule has 4 heteroatoms. The second kappa shape index (κ2) is 7.13. The molecule has 10 aromatic rings. The molecule has 4 aromatic heterocycles. The van der Waals surface area contributed by atoms with Crippen molar-refractivity contribution in [1.29, 1.82) is 0 Å². The van der Waals surface area contributed by atoms with Gasteiger partial charge in [0.25, 0.3) is 0 Å². The van der Waals surface area contributed by atoms with Gasteiger partial charge in [-0.3, -0.25) is 4.40 Å². The molecule has 6 aromatic carbocycles. The van der Waals surface area contributed by atoms with E-state index in [0.717, 1.165) is 38.8 Å². The van der Waals surface area contributed by atoms with Crippen LogP contribution in [0.25, 0.3) is 87.7 Å². The van der Waals surface area contributed by atoms with Crippen LogP contribution in [0.3, 0.4) is 0 Å². The first-order valence-electron chi connectivity index (χ1n) is 13.6. The van der Waals surface area contributed by atoms with E-state index in [1.807, 2.05) is 18.2 Å². The van der Waals surface area contributed by atoms with E-state index in [2.05, 4.69) is 112 Å². The molecule has 40 heavy (non-hydrogen) atoms. The van der Waals surface area contributed by atoms with E-state index in [4.69, 9.17) is 9.97 Å². The number of fused-ring (bicyclic) bond motifs is 11. The highest BCUT2D eigenvalue weighted by molar-refractivity contribution is 6.25. The molecule has 0 aliphatic carbocycles. The van der Waals surface area contributed by atoms with Crippen molar-refractivity contribution < 1.29 is 0 Å². The minimum absolute atomic E-state index is 0.906. The number of hydrogen-bond donors (Lipinski definition) is 0. The summed E-state index contributed by atoms with van der Waals surface area (Å²) in [5.74, 6) is 0. The Morgan fingerprint density at radius 2 is 1.05 bits per heavy atom. The third kappa shape index (κ3) is 2.46. The van der Waals surface area contributed by atoms with Crippen LogP contribution in [0.4, 0.5) is 0 Å². The Kier molecular flexibility index (Phi) is 3.65. The van der Waals surface area contributed by atoms with E-state index in [9.17, 15) is 0 Å². The molecule has 0 N–H and O–H groups in total. The van der Waals surface area contributed by atoms with E-state index in [1.54, 1.807) is 0 Å². The molecule has 0 aliphatic heterocycles. The summed E-state index contributed by atoms with van der Waals surface area (Å²) in [5.41, 5.74) is 9.55. The Morgan fingerprint density at radius 3 is 1.80 bits per heavy atom. The highest BCUT2D eigenvalue weighted by Crippen LogP contribution is 2.42. The van der Waals surface area contributed by atoms with Crippen LogP contribution in [-0.4, -0.2) is 18.9 Å². The van der Waals surface area contributed by atoms with Gasteiger partial charge in [-0.2, -0.15) is 0 Å². The zero-order valence-electron chi connectivity index (χ0n) is 21.3. The largest absolute Gasteiger partial charge is 0.309 e. The molecule has 0 bridgehead atoms. The fourth-order valence-electron chi connectivity index (χ4n) is 6.87. The predicted octanol–water partition coefficient (Wildman–Crippen LogP) is 9.03. The molecular weight excluding hydrogens is 488 g/mol. The van der Waals surface area contributed by atoms with Gasteiger partial charge in [0.05, 0.1) is 33.1 Å². The lowest BCUT2D eigenvalue weighted by Crippen LogP contribution is -1.94. The summed E-state index contributed by atoms with van der Waals surface area (Å²) >= 11 is 0. The summed E-state index contributed by atoms with van der Waals surface area (Å²) in [6.07, 6.45) is 0. The molecule has 0 saturated carbocycles. The number of rotatable bonds is 1. The summed E-state index contributed by atoms with van der Waals surface area (Å²) in [7, 11) is 0. The van der Waals surface area contributed by atoms with Gasteiger partial charge in [0.2, 0.25) is 0 Å². The van der Waals surface area contributed by atoms with Crippen molar-refractivity contribution in [2.24, 2.45) is 0 Å². The molecule has 0 unspecified atom stereocenters. The number of para-hydroxylation sites is 4. The summed E-state index contributed by atoms with van der Waals surface area (Å²) in [4.78, 5) is 10.4. The Morgan fingerprint density at radius 1 is 0.450 bits per heavy atom. The molecule has 4 nitrogen and oxygen atoms in total. The first kappa shape index (κ1) is 20.5. The van der Waals surface area contributed by atoms with E-state index in [-0.39, 0.29) is 0 Å². The molecule has 10 rings (SSSR count). The van der Waals surface area contributed by atoms with Gasteiger partial charge in [-0.1, -0.05) is 72.8 Å². The molecule has 0 amide bonds. The summed E-state index contributed by atoms with van der Waals surface area (Å²) in [5, 5.41) is 8.56. The fraction of sp³-hybridized carbons (Fsp3) is 0. The lowest BCUT2D eigenvalue weighted by atomic mass is 10.0. The SMILES string of the molecule is c1ccc2cc3c(cc2c1)c1cc(-n2c4ccccc4c4ccccc42)cc2c4nc5ccccc5nc4n3c12. The van der Waals surface area contributed by atoms with E-state index in [1.165, 1.54) is 48.9 Å². The summed E-state index contributed by atoms with van der Waals surface area (Å²) in [6.45, 7) is 0. The van der Waals surface area contributed by atoms with Crippen molar-refractivity contribution in [3.05, 3.63) is 121 Å². The van der Waals surface area contributed by atoms with Gasteiger partial charge in [0, 0.05) is 32.6 Å². The lowest BCUT2D eigenvalue weighted by molar-refractivity contribution is 1.19. The Bertz CT molecular complexity index is 2480. The van der Waals surface area contributed by atoms with Crippen molar-refractivity contribution in [2.75, 3.05) is 0 Å². The number of nitrogens with zero attached hydrogens (tertiary/aromatic N) is 4. The number of benzene rings is 6. The maximum Gasteiger partial charge on any atom is 0.165 e. The molecule has 0 saturated heterocycles. The summed E-state index contributed by atoms with van der Waals surface area (Å²) < 4.78 is 4.73. The number of hydrogen-bond acceptors (Lipinski definition) is 2. The highest BCUT2D eigenvalue weighted by Gasteiger charge is 2.22. The van der Waals surface area contributed by atoms with Gasteiger partial charge in [0.15, 0.2) is 5.65 Å². The van der Waals surface area contributed by atoms with Gasteiger partial charge in [0.1, 0.15) is 5.52 Å². The normalized spacial score (nSPS) is 12.5. The molecule has 0 spiro atoms. The summed E-state index contributed by atoms with van der Waals surface area (Å²) in [6, 6.07) is 43.4. The van der Waals surface area contributed by atoms with Gasteiger partial charge in [-0.15, -0.1) is 0 Å². The first-order valence-corrected chi connectivity index (χ1v) is 13.6. The van der Waals surface area contributed by atoms with Crippen molar-refractivity contribution in [3.63, 3.8) is 0 Å². The van der Waals surface area contributed by atoms with Gasteiger partial charge < -0.3 is 4.57 Å². The third-order valence-electron chi connectivity index (χ3n) is 8.57. The van der Waals surface area contributed by atoms with Crippen LogP contribution in [0.5, 0.6) is 0 Å². The van der Waals surface area contributed by atoms with E-state index in [0.29, 0.717) is 0 Å². The fourth-order valence-corrected chi connectivity index (χ4v) is 6.87. The molecule has 184 valence electrons. The number of aromatic nitrogens is 4. The smallest absolute Gasteiger partial charge is 0.165 e. The average Bonchev–Trinajstić information content (AvgIpc) is 3.63. The van der Waals surface area contributed by atoms with Crippen LogP contribution in [0, 0.1) is 0 Å². The monoisotopic (exact) mass is 508 g/mol. The maximum atomic E-state index is 5.19. The van der Waals surface area contributed by atoms with E-state index < -0.39 is 0 Å². The standard InChI is InChI=1S/C36H20N4/c1-2-10-22-18-33-26(17-21(22)9-1)27-19-23(39-31-15-7-3-11-24(31)25-12-4-8-16-32(25)39)20-28-34-36(40(33)35(27)28)38-30-14-6-5-13-29(30)37-34/h1-20H. The van der Waals surface area contributed by atoms with Crippen LogP contribution in [-0.2, 0) is 0 Å². The molecule has 0 radical (unpaired) electrons. The quantitative estimate of drug-likeness (QED) is 0.222.